The number of carbonyl (C=O) groups is 1. The van der Waals surface area contributed by atoms with E-state index in [9.17, 15) is 4.79 Å². The zero-order chi connectivity index (χ0) is 18.8. The Morgan fingerprint density at radius 3 is 2.63 bits per heavy atom. The molecule has 0 bridgehead atoms. The summed E-state index contributed by atoms with van der Waals surface area (Å²) in [6, 6.07) is 16.5. The molecule has 1 saturated heterocycles. The van der Waals surface area contributed by atoms with E-state index in [-0.39, 0.29) is 5.91 Å². The van der Waals surface area contributed by atoms with E-state index < -0.39 is 0 Å². The van der Waals surface area contributed by atoms with Gasteiger partial charge in [0.1, 0.15) is 0 Å². The van der Waals surface area contributed by atoms with E-state index in [1.54, 1.807) is 0 Å². The van der Waals surface area contributed by atoms with Gasteiger partial charge in [-0.1, -0.05) is 23.7 Å². The highest BCUT2D eigenvalue weighted by molar-refractivity contribution is 6.30. The maximum absolute atomic E-state index is 12.6. The first kappa shape index (κ1) is 17.9. The summed E-state index contributed by atoms with van der Waals surface area (Å²) in [5.41, 5.74) is 3.58. The molecule has 1 aliphatic rings. The van der Waals surface area contributed by atoms with E-state index in [2.05, 4.69) is 53.0 Å². The van der Waals surface area contributed by atoms with Gasteiger partial charge in [0.2, 0.25) is 5.91 Å². The molecule has 1 amide bonds. The quantitative estimate of drug-likeness (QED) is 0.680. The summed E-state index contributed by atoms with van der Waals surface area (Å²) >= 11 is 6.09. The van der Waals surface area contributed by atoms with Crippen molar-refractivity contribution in [3.8, 4) is 0 Å². The van der Waals surface area contributed by atoms with Crippen LogP contribution in [0.3, 0.4) is 0 Å². The van der Waals surface area contributed by atoms with Crippen LogP contribution in [-0.4, -0.2) is 41.6 Å². The number of amides is 1. The molecule has 0 atom stereocenters. The maximum atomic E-state index is 12.6. The fraction of sp³-hybridized carbons (Fsp3) is 0.318. The van der Waals surface area contributed by atoms with Gasteiger partial charge in [-0.05, 0) is 53.8 Å². The van der Waals surface area contributed by atoms with Gasteiger partial charge in [0.05, 0.1) is 0 Å². The third kappa shape index (κ3) is 3.96. The molecule has 4 nitrogen and oxygen atoms in total. The van der Waals surface area contributed by atoms with Gasteiger partial charge in [-0.2, -0.15) is 0 Å². The van der Waals surface area contributed by atoms with E-state index in [4.69, 9.17) is 11.6 Å². The van der Waals surface area contributed by atoms with Crippen LogP contribution < -0.4 is 4.90 Å². The molecule has 1 fully saturated rings. The standard InChI is InChI=1S/C22H24ClN3O/c1-24-10-9-18-15-17(5-7-21(18)24)6-8-22(27)26-13-11-25(12-14-26)20-4-2-3-19(23)16-20/h2-5,7,9-10,15-16H,6,8,11-14H2,1H3. The summed E-state index contributed by atoms with van der Waals surface area (Å²) < 4.78 is 2.11. The second-order valence-electron chi connectivity index (χ2n) is 7.17. The predicted octanol–water partition coefficient (Wildman–Crippen LogP) is 4.11. The lowest BCUT2D eigenvalue weighted by Crippen LogP contribution is -2.48. The monoisotopic (exact) mass is 381 g/mol. The molecule has 27 heavy (non-hydrogen) atoms. The Hall–Kier alpha value is -2.46. The molecule has 0 saturated carbocycles. The average Bonchev–Trinajstić information content (AvgIpc) is 3.06. The number of aromatic nitrogens is 1. The number of hydrogen-bond donors (Lipinski definition) is 0. The number of benzene rings is 2. The van der Waals surface area contributed by atoms with Crippen molar-refractivity contribution < 1.29 is 4.79 Å². The molecule has 0 aliphatic carbocycles. The van der Waals surface area contributed by atoms with Gasteiger partial charge in [0.15, 0.2) is 0 Å². The maximum Gasteiger partial charge on any atom is 0.223 e. The highest BCUT2D eigenvalue weighted by atomic mass is 35.5. The van der Waals surface area contributed by atoms with Gasteiger partial charge in [-0.3, -0.25) is 4.79 Å². The number of rotatable bonds is 4. The molecule has 4 rings (SSSR count). The van der Waals surface area contributed by atoms with Crippen LogP contribution in [0, 0.1) is 0 Å². The number of fused-ring (bicyclic) bond motifs is 1. The van der Waals surface area contributed by atoms with Crippen LogP contribution in [0.5, 0.6) is 0 Å². The second-order valence-corrected chi connectivity index (χ2v) is 7.60. The number of halogens is 1. The van der Waals surface area contributed by atoms with Gasteiger partial charge in [-0.15, -0.1) is 0 Å². The minimum Gasteiger partial charge on any atom is -0.368 e. The Labute approximate surface area is 164 Å². The molecule has 1 aliphatic heterocycles. The summed E-state index contributed by atoms with van der Waals surface area (Å²) in [6.45, 7) is 3.23. The smallest absolute Gasteiger partial charge is 0.223 e. The van der Waals surface area contributed by atoms with Gasteiger partial charge in [-0.25, -0.2) is 0 Å². The van der Waals surface area contributed by atoms with Crippen LogP contribution in [-0.2, 0) is 18.3 Å². The molecular weight excluding hydrogens is 358 g/mol. The number of anilines is 1. The van der Waals surface area contributed by atoms with Crippen LogP contribution in [0.25, 0.3) is 10.9 Å². The molecule has 2 heterocycles. The van der Waals surface area contributed by atoms with Crippen molar-refractivity contribution >= 4 is 34.1 Å². The van der Waals surface area contributed by atoms with Gasteiger partial charge in [0.25, 0.3) is 0 Å². The Morgan fingerprint density at radius 2 is 1.85 bits per heavy atom. The van der Waals surface area contributed by atoms with Crippen molar-refractivity contribution in [2.45, 2.75) is 12.8 Å². The lowest BCUT2D eigenvalue weighted by Gasteiger charge is -2.36. The molecule has 0 N–H and O–H groups in total. The number of nitrogens with zero attached hydrogens (tertiary/aromatic N) is 3. The number of aryl methyl sites for hydroxylation is 2. The zero-order valence-electron chi connectivity index (χ0n) is 15.6. The number of carbonyl (C=O) groups excluding carboxylic acids is 1. The van der Waals surface area contributed by atoms with Crippen LogP contribution in [0.4, 0.5) is 5.69 Å². The van der Waals surface area contributed by atoms with Crippen LogP contribution in [0.2, 0.25) is 5.02 Å². The Balaban J connectivity index is 1.31. The highest BCUT2D eigenvalue weighted by Gasteiger charge is 2.21. The fourth-order valence-corrected chi connectivity index (χ4v) is 3.97. The lowest BCUT2D eigenvalue weighted by atomic mass is 10.1. The summed E-state index contributed by atoms with van der Waals surface area (Å²) in [7, 11) is 2.05. The van der Waals surface area contributed by atoms with Crippen molar-refractivity contribution in [1.29, 1.82) is 0 Å². The first-order valence-corrected chi connectivity index (χ1v) is 9.80. The molecule has 0 spiro atoms. The predicted molar refractivity (Wildman–Crippen MR) is 111 cm³/mol. The normalized spacial score (nSPS) is 14.7. The molecule has 140 valence electrons. The van der Waals surface area contributed by atoms with E-state index in [0.717, 1.165) is 43.3 Å². The molecule has 0 radical (unpaired) electrons. The fourth-order valence-electron chi connectivity index (χ4n) is 3.78. The molecule has 5 heteroatoms. The summed E-state index contributed by atoms with van der Waals surface area (Å²) in [6.07, 6.45) is 3.42. The molecule has 0 unspecified atom stereocenters. The Kier molecular flexibility index (Phi) is 5.08. The largest absolute Gasteiger partial charge is 0.368 e. The topological polar surface area (TPSA) is 28.5 Å². The minimum atomic E-state index is 0.244. The van der Waals surface area contributed by atoms with E-state index in [1.165, 1.54) is 16.5 Å². The Bertz CT molecular complexity index is 957. The van der Waals surface area contributed by atoms with Crippen molar-refractivity contribution in [3.05, 3.63) is 65.3 Å². The Morgan fingerprint density at radius 1 is 1.04 bits per heavy atom. The first-order chi connectivity index (χ1) is 13.1. The first-order valence-electron chi connectivity index (χ1n) is 9.42. The third-order valence-electron chi connectivity index (χ3n) is 5.38. The van der Waals surface area contributed by atoms with E-state index in [0.29, 0.717) is 6.42 Å². The van der Waals surface area contributed by atoms with Gasteiger partial charge >= 0.3 is 0 Å². The summed E-state index contributed by atoms with van der Waals surface area (Å²) in [4.78, 5) is 16.9. The molecule has 1 aromatic heterocycles. The van der Waals surface area contributed by atoms with Gasteiger partial charge in [0, 0.05) is 62.1 Å². The molecular formula is C22H24ClN3O. The lowest BCUT2D eigenvalue weighted by molar-refractivity contribution is -0.131. The van der Waals surface area contributed by atoms with Crippen molar-refractivity contribution in [2.75, 3.05) is 31.1 Å². The number of piperazine rings is 1. The SMILES string of the molecule is Cn1ccc2cc(CCC(=O)N3CCN(c4cccc(Cl)c4)CC3)ccc21. The van der Waals surface area contributed by atoms with Gasteiger partial charge < -0.3 is 14.4 Å². The minimum absolute atomic E-state index is 0.244. The van der Waals surface area contributed by atoms with E-state index >= 15 is 0 Å². The summed E-state index contributed by atoms with van der Waals surface area (Å²) in [5, 5.41) is 1.99. The average molecular weight is 382 g/mol. The summed E-state index contributed by atoms with van der Waals surface area (Å²) in [5.74, 6) is 0.244. The zero-order valence-corrected chi connectivity index (χ0v) is 16.3. The highest BCUT2D eigenvalue weighted by Crippen LogP contribution is 2.21. The van der Waals surface area contributed by atoms with Crippen molar-refractivity contribution in [2.24, 2.45) is 7.05 Å². The van der Waals surface area contributed by atoms with E-state index in [1.807, 2.05) is 23.1 Å². The van der Waals surface area contributed by atoms with Crippen molar-refractivity contribution in [3.63, 3.8) is 0 Å². The molecule has 3 aromatic rings. The van der Waals surface area contributed by atoms with Crippen LogP contribution >= 0.6 is 11.6 Å². The van der Waals surface area contributed by atoms with Crippen LogP contribution in [0.15, 0.2) is 54.7 Å². The number of hydrogen-bond acceptors (Lipinski definition) is 2. The van der Waals surface area contributed by atoms with Crippen LogP contribution in [0.1, 0.15) is 12.0 Å². The third-order valence-corrected chi connectivity index (χ3v) is 5.62. The second kappa shape index (κ2) is 7.65. The van der Waals surface area contributed by atoms with Crippen molar-refractivity contribution in [1.82, 2.24) is 9.47 Å². The molecule has 2 aromatic carbocycles.